The highest BCUT2D eigenvalue weighted by Gasteiger charge is 2.13. The van der Waals surface area contributed by atoms with Gasteiger partial charge in [0.15, 0.2) is 0 Å². The van der Waals surface area contributed by atoms with Gasteiger partial charge in [-0.2, -0.15) is 0 Å². The van der Waals surface area contributed by atoms with Crippen LogP contribution in [0, 0.1) is 13.8 Å². The summed E-state index contributed by atoms with van der Waals surface area (Å²) in [6.45, 7) is 8.43. The Kier molecular flexibility index (Phi) is 6.23. The minimum atomic E-state index is 0.464. The second kappa shape index (κ2) is 8.17. The van der Waals surface area contributed by atoms with Gasteiger partial charge in [-0.1, -0.05) is 19.3 Å². The van der Waals surface area contributed by atoms with Crippen LogP contribution in [0.4, 0.5) is 11.6 Å². The van der Waals surface area contributed by atoms with Crippen LogP contribution in [0.2, 0.25) is 0 Å². The number of nitrogens with one attached hydrogen (secondary N) is 2. The summed E-state index contributed by atoms with van der Waals surface area (Å²) in [6, 6.07) is 0. The molecular formula is C16H28N4O. The molecule has 21 heavy (non-hydrogen) atoms. The van der Waals surface area contributed by atoms with Crippen molar-refractivity contribution in [3.63, 3.8) is 0 Å². The van der Waals surface area contributed by atoms with E-state index in [2.05, 4.69) is 27.5 Å². The highest BCUT2D eigenvalue weighted by molar-refractivity contribution is 5.57. The molecule has 0 aromatic carbocycles. The number of hydrogen-bond donors (Lipinski definition) is 2. The van der Waals surface area contributed by atoms with E-state index in [0.29, 0.717) is 6.10 Å². The van der Waals surface area contributed by atoms with Crippen LogP contribution in [0.3, 0.4) is 0 Å². The van der Waals surface area contributed by atoms with Crippen molar-refractivity contribution in [3.05, 3.63) is 11.4 Å². The number of aryl methyl sites for hydroxylation is 1. The second-order valence-electron chi connectivity index (χ2n) is 5.68. The van der Waals surface area contributed by atoms with Crippen molar-refractivity contribution in [2.75, 3.05) is 30.3 Å². The number of rotatable bonds is 7. The van der Waals surface area contributed by atoms with Gasteiger partial charge in [-0.25, -0.2) is 9.97 Å². The molecule has 0 saturated heterocycles. The van der Waals surface area contributed by atoms with Crippen molar-refractivity contribution < 1.29 is 4.74 Å². The van der Waals surface area contributed by atoms with Crippen LogP contribution in [0.1, 0.15) is 50.4 Å². The smallest absolute Gasteiger partial charge is 0.134 e. The Morgan fingerprint density at radius 1 is 1.05 bits per heavy atom. The Morgan fingerprint density at radius 2 is 1.71 bits per heavy atom. The molecule has 0 spiro atoms. The Balaban J connectivity index is 1.82. The average Bonchev–Trinajstić information content (AvgIpc) is 2.49. The fourth-order valence-electron chi connectivity index (χ4n) is 2.77. The molecule has 1 fully saturated rings. The maximum absolute atomic E-state index is 5.93. The Bertz CT molecular complexity index is 444. The molecule has 5 nitrogen and oxygen atoms in total. The van der Waals surface area contributed by atoms with Gasteiger partial charge in [-0.3, -0.25) is 0 Å². The van der Waals surface area contributed by atoms with Crippen LogP contribution in [-0.2, 0) is 4.74 Å². The van der Waals surface area contributed by atoms with Gasteiger partial charge in [-0.05, 0) is 33.6 Å². The van der Waals surface area contributed by atoms with E-state index in [1.807, 2.05) is 13.8 Å². The number of hydrogen-bond acceptors (Lipinski definition) is 5. The predicted molar refractivity (Wildman–Crippen MR) is 87.0 cm³/mol. The van der Waals surface area contributed by atoms with E-state index in [-0.39, 0.29) is 0 Å². The van der Waals surface area contributed by atoms with E-state index >= 15 is 0 Å². The average molecular weight is 292 g/mol. The van der Waals surface area contributed by atoms with Crippen molar-refractivity contribution in [2.45, 2.75) is 59.0 Å². The van der Waals surface area contributed by atoms with Crippen LogP contribution in [0.25, 0.3) is 0 Å². The van der Waals surface area contributed by atoms with Crippen molar-refractivity contribution in [3.8, 4) is 0 Å². The number of ether oxygens (including phenoxy) is 1. The molecule has 1 saturated carbocycles. The first-order chi connectivity index (χ1) is 10.2. The van der Waals surface area contributed by atoms with Gasteiger partial charge in [0, 0.05) is 18.7 Å². The molecule has 0 unspecified atom stereocenters. The summed E-state index contributed by atoms with van der Waals surface area (Å²) in [6.07, 6.45) is 6.89. The summed E-state index contributed by atoms with van der Waals surface area (Å²) in [7, 11) is 0. The second-order valence-corrected chi connectivity index (χ2v) is 5.68. The molecule has 0 bridgehead atoms. The van der Waals surface area contributed by atoms with Crippen LogP contribution in [-0.4, -0.2) is 35.8 Å². The number of anilines is 2. The third-order valence-corrected chi connectivity index (χ3v) is 3.90. The standard InChI is InChI=1S/C16H28N4O/c1-4-17-15-12(2)16(20-13(3)19-15)18-10-11-21-14-8-6-5-7-9-14/h14H,4-11H2,1-3H3,(H2,17,18,19,20). The van der Waals surface area contributed by atoms with Gasteiger partial charge < -0.3 is 15.4 Å². The minimum Gasteiger partial charge on any atom is -0.376 e. The molecule has 0 atom stereocenters. The molecule has 1 aliphatic rings. The summed E-state index contributed by atoms with van der Waals surface area (Å²) < 4.78 is 5.93. The molecule has 118 valence electrons. The zero-order valence-electron chi connectivity index (χ0n) is 13.5. The van der Waals surface area contributed by atoms with Crippen molar-refractivity contribution >= 4 is 11.6 Å². The van der Waals surface area contributed by atoms with Crippen LogP contribution >= 0.6 is 0 Å². The molecule has 0 amide bonds. The minimum absolute atomic E-state index is 0.464. The molecule has 0 radical (unpaired) electrons. The molecule has 1 aromatic heterocycles. The molecule has 1 aromatic rings. The van der Waals surface area contributed by atoms with E-state index in [1.54, 1.807) is 0 Å². The van der Waals surface area contributed by atoms with Gasteiger partial charge in [-0.15, -0.1) is 0 Å². The van der Waals surface area contributed by atoms with Crippen LogP contribution < -0.4 is 10.6 Å². The van der Waals surface area contributed by atoms with E-state index in [9.17, 15) is 0 Å². The predicted octanol–water partition coefficient (Wildman–Crippen LogP) is 3.29. The van der Waals surface area contributed by atoms with E-state index < -0.39 is 0 Å². The maximum Gasteiger partial charge on any atom is 0.134 e. The lowest BCUT2D eigenvalue weighted by atomic mass is 9.98. The summed E-state index contributed by atoms with van der Waals surface area (Å²) in [5.74, 6) is 2.61. The Hall–Kier alpha value is -1.36. The van der Waals surface area contributed by atoms with Gasteiger partial charge >= 0.3 is 0 Å². The highest BCUT2D eigenvalue weighted by atomic mass is 16.5. The van der Waals surface area contributed by atoms with Gasteiger partial charge in [0.25, 0.3) is 0 Å². The topological polar surface area (TPSA) is 59.1 Å². The van der Waals surface area contributed by atoms with Gasteiger partial charge in [0.05, 0.1) is 12.7 Å². The quantitative estimate of drug-likeness (QED) is 0.755. The SMILES string of the molecule is CCNc1nc(C)nc(NCCOC2CCCCC2)c1C. The highest BCUT2D eigenvalue weighted by Crippen LogP contribution is 2.21. The molecule has 2 rings (SSSR count). The third-order valence-electron chi connectivity index (χ3n) is 3.90. The first kappa shape index (κ1) is 16.0. The first-order valence-electron chi connectivity index (χ1n) is 8.15. The normalized spacial score (nSPS) is 16.0. The third kappa shape index (κ3) is 4.84. The molecule has 2 N–H and O–H groups in total. The summed E-state index contributed by atoms with van der Waals surface area (Å²) in [4.78, 5) is 8.91. The summed E-state index contributed by atoms with van der Waals surface area (Å²) >= 11 is 0. The lowest BCUT2D eigenvalue weighted by molar-refractivity contribution is 0.0347. The van der Waals surface area contributed by atoms with E-state index in [1.165, 1.54) is 32.1 Å². The van der Waals surface area contributed by atoms with E-state index in [4.69, 9.17) is 4.74 Å². The van der Waals surface area contributed by atoms with Crippen molar-refractivity contribution in [1.29, 1.82) is 0 Å². The number of aromatic nitrogens is 2. The fraction of sp³-hybridized carbons (Fsp3) is 0.750. The Morgan fingerprint density at radius 3 is 2.38 bits per heavy atom. The largest absolute Gasteiger partial charge is 0.376 e. The first-order valence-corrected chi connectivity index (χ1v) is 8.15. The maximum atomic E-state index is 5.93. The molecule has 1 aliphatic carbocycles. The van der Waals surface area contributed by atoms with E-state index in [0.717, 1.165) is 42.7 Å². The number of nitrogens with zero attached hydrogens (tertiary/aromatic N) is 2. The fourth-order valence-corrected chi connectivity index (χ4v) is 2.77. The summed E-state index contributed by atoms with van der Waals surface area (Å²) in [5.41, 5.74) is 1.07. The van der Waals surface area contributed by atoms with Crippen molar-refractivity contribution in [1.82, 2.24) is 9.97 Å². The molecule has 1 heterocycles. The lowest BCUT2D eigenvalue weighted by Crippen LogP contribution is -2.21. The van der Waals surface area contributed by atoms with Crippen molar-refractivity contribution in [2.24, 2.45) is 0 Å². The van der Waals surface area contributed by atoms with Gasteiger partial charge in [0.2, 0.25) is 0 Å². The Labute approximate surface area is 127 Å². The summed E-state index contributed by atoms with van der Waals surface area (Å²) in [5, 5.41) is 6.65. The van der Waals surface area contributed by atoms with Crippen LogP contribution in [0.15, 0.2) is 0 Å². The zero-order chi connectivity index (χ0) is 15.1. The molecule has 5 heteroatoms. The molecular weight excluding hydrogens is 264 g/mol. The van der Waals surface area contributed by atoms with Gasteiger partial charge in [0.1, 0.15) is 17.5 Å². The monoisotopic (exact) mass is 292 g/mol. The molecule has 0 aliphatic heterocycles. The zero-order valence-corrected chi connectivity index (χ0v) is 13.5. The van der Waals surface area contributed by atoms with Crippen LogP contribution in [0.5, 0.6) is 0 Å². The lowest BCUT2D eigenvalue weighted by Gasteiger charge is -2.22.